The topological polar surface area (TPSA) is 56.7 Å². The summed E-state index contributed by atoms with van der Waals surface area (Å²) in [5.74, 6) is 0.571. The Morgan fingerprint density at radius 3 is 2.72 bits per heavy atom. The molecule has 4 heteroatoms. The van der Waals surface area contributed by atoms with Gasteiger partial charge in [0, 0.05) is 29.4 Å². The fourth-order valence-corrected chi connectivity index (χ4v) is 3.95. The highest BCUT2D eigenvalue weighted by Gasteiger charge is 2.25. The molecule has 0 aliphatic heterocycles. The minimum atomic E-state index is 0.367. The van der Waals surface area contributed by atoms with E-state index in [2.05, 4.69) is 42.5 Å². The van der Waals surface area contributed by atoms with Crippen molar-refractivity contribution in [2.24, 2.45) is 0 Å². The molecular formula is C21H26N4. The standard InChI is InChI=1S/C21H26N4/c1-4-15-11-19-21(25(15)13(2)3)17(22)12-18(24-19)16-9-6-10-23-20(16)14-7-5-8-14/h6,9-14H,4-5,7-8H2,1-3H3,(H2,22,24). The molecule has 3 heterocycles. The van der Waals surface area contributed by atoms with Crippen LogP contribution in [0.2, 0.25) is 0 Å². The van der Waals surface area contributed by atoms with Gasteiger partial charge in [-0.15, -0.1) is 0 Å². The molecule has 0 amide bonds. The Labute approximate surface area is 149 Å². The highest BCUT2D eigenvalue weighted by atomic mass is 15.0. The molecule has 0 spiro atoms. The molecule has 0 aromatic carbocycles. The smallest absolute Gasteiger partial charge is 0.0912 e. The van der Waals surface area contributed by atoms with Crippen molar-refractivity contribution in [2.45, 2.75) is 58.4 Å². The Morgan fingerprint density at radius 2 is 2.08 bits per heavy atom. The summed E-state index contributed by atoms with van der Waals surface area (Å²) < 4.78 is 2.32. The van der Waals surface area contributed by atoms with Gasteiger partial charge >= 0.3 is 0 Å². The van der Waals surface area contributed by atoms with Gasteiger partial charge in [0.25, 0.3) is 0 Å². The summed E-state index contributed by atoms with van der Waals surface area (Å²) >= 11 is 0. The Morgan fingerprint density at radius 1 is 1.28 bits per heavy atom. The van der Waals surface area contributed by atoms with Crippen LogP contribution in [0.4, 0.5) is 5.69 Å². The summed E-state index contributed by atoms with van der Waals surface area (Å²) in [4.78, 5) is 9.65. The molecule has 2 N–H and O–H groups in total. The van der Waals surface area contributed by atoms with Crippen molar-refractivity contribution in [1.29, 1.82) is 0 Å². The molecule has 1 saturated carbocycles. The minimum Gasteiger partial charge on any atom is -0.397 e. The van der Waals surface area contributed by atoms with E-state index in [-0.39, 0.29) is 0 Å². The molecule has 0 unspecified atom stereocenters. The summed E-state index contributed by atoms with van der Waals surface area (Å²) in [6, 6.07) is 8.71. The average Bonchev–Trinajstić information content (AvgIpc) is 2.93. The lowest BCUT2D eigenvalue weighted by atomic mass is 9.80. The number of nitrogens with two attached hydrogens (primary N) is 1. The van der Waals surface area contributed by atoms with Crippen LogP contribution in [0.1, 0.15) is 63.4 Å². The Bertz CT molecular complexity index is 919. The molecule has 1 aliphatic carbocycles. The van der Waals surface area contributed by atoms with Crippen LogP contribution in [0.5, 0.6) is 0 Å². The van der Waals surface area contributed by atoms with Gasteiger partial charge in [0.1, 0.15) is 0 Å². The number of nitrogen functional groups attached to an aromatic ring is 1. The Kier molecular flexibility index (Phi) is 3.98. The molecule has 0 radical (unpaired) electrons. The molecule has 0 saturated heterocycles. The lowest BCUT2D eigenvalue weighted by molar-refractivity contribution is 0.412. The highest BCUT2D eigenvalue weighted by molar-refractivity contribution is 5.91. The molecular weight excluding hydrogens is 308 g/mol. The van der Waals surface area contributed by atoms with Crippen molar-refractivity contribution in [3.05, 3.63) is 41.9 Å². The summed E-state index contributed by atoms with van der Waals surface area (Å²) in [5.41, 5.74) is 13.9. The monoisotopic (exact) mass is 334 g/mol. The maximum Gasteiger partial charge on any atom is 0.0912 e. The molecule has 3 aromatic heterocycles. The number of nitrogens with zero attached hydrogens (tertiary/aromatic N) is 3. The van der Waals surface area contributed by atoms with Crippen molar-refractivity contribution < 1.29 is 0 Å². The van der Waals surface area contributed by atoms with Crippen LogP contribution in [0.3, 0.4) is 0 Å². The van der Waals surface area contributed by atoms with Crippen LogP contribution in [0.25, 0.3) is 22.3 Å². The van der Waals surface area contributed by atoms with Gasteiger partial charge in [0.05, 0.1) is 28.1 Å². The zero-order chi connectivity index (χ0) is 17.6. The number of pyridine rings is 2. The number of aromatic nitrogens is 3. The summed E-state index contributed by atoms with van der Waals surface area (Å²) in [6.07, 6.45) is 6.62. The third-order valence-corrected chi connectivity index (χ3v) is 5.39. The van der Waals surface area contributed by atoms with Crippen molar-refractivity contribution in [3.63, 3.8) is 0 Å². The van der Waals surface area contributed by atoms with E-state index in [0.29, 0.717) is 12.0 Å². The number of aryl methyl sites for hydroxylation is 1. The molecule has 4 rings (SSSR count). The van der Waals surface area contributed by atoms with Gasteiger partial charge < -0.3 is 10.3 Å². The predicted molar refractivity (Wildman–Crippen MR) is 104 cm³/mol. The SMILES string of the molecule is CCc1cc2nc(-c3cccnc3C3CCC3)cc(N)c2n1C(C)C. The van der Waals surface area contributed by atoms with E-state index in [1.807, 2.05) is 18.3 Å². The van der Waals surface area contributed by atoms with Gasteiger partial charge in [-0.3, -0.25) is 4.98 Å². The third-order valence-electron chi connectivity index (χ3n) is 5.39. The first-order valence-electron chi connectivity index (χ1n) is 9.35. The molecule has 0 bridgehead atoms. The summed E-state index contributed by atoms with van der Waals surface area (Å²) in [7, 11) is 0. The zero-order valence-corrected chi connectivity index (χ0v) is 15.3. The van der Waals surface area contributed by atoms with E-state index >= 15 is 0 Å². The molecule has 4 nitrogen and oxygen atoms in total. The number of hydrogen-bond acceptors (Lipinski definition) is 3. The first kappa shape index (κ1) is 16.1. The van der Waals surface area contributed by atoms with E-state index in [1.165, 1.54) is 30.7 Å². The minimum absolute atomic E-state index is 0.367. The van der Waals surface area contributed by atoms with E-state index in [0.717, 1.165) is 34.4 Å². The number of hydrogen-bond donors (Lipinski definition) is 1. The van der Waals surface area contributed by atoms with Crippen LogP contribution in [0, 0.1) is 0 Å². The maximum absolute atomic E-state index is 6.49. The zero-order valence-electron chi connectivity index (χ0n) is 15.3. The van der Waals surface area contributed by atoms with Crippen molar-refractivity contribution in [3.8, 4) is 11.3 Å². The van der Waals surface area contributed by atoms with Crippen LogP contribution in [-0.4, -0.2) is 14.5 Å². The molecule has 25 heavy (non-hydrogen) atoms. The second-order valence-electron chi connectivity index (χ2n) is 7.35. The van der Waals surface area contributed by atoms with Gasteiger partial charge in [-0.2, -0.15) is 0 Å². The van der Waals surface area contributed by atoms with Gasteiger partial charge in [-0.05, 0) is 57.4 Å². The quantitative estimate of drug-likeness (QED) is 0.723. The highest BCUT2D eigenvalue weighted by Crippen LogP contribution is 2.40. The molecule has 1 fully saturated rings. The van der Waals surface area contributed by atoms with Crippen LogP contribution in [-0.2, 0) is 6.42 Å². The van der Waals surface area contributed by atoms with Crippen LogP contribution in [0.15, 0.2) is 30.5 Å². The van der Waals surface area contributed by atoms with Crippen molar-refractivity contribution >= 4 is 16.7 Å². The number of rotatable bonds is 4. The average molecular weight is 334 g/mol. The fraction of sp³-hybridized carbons (Fsp3) is 0.429. The van der Waals surface area contributed by atoms with Crippen LogP contribution < -0.4 is 5.73 Å². The molecule has 0 atom stereocenters. The van der Waals surface area contributed by atoms with E-state index in [9.17, 15) is 0 Å². The Balaban J connectivity index is 1.91. The number of anilines is 1. The largest absolute Gasteiger partial charge is 0.397 e. The molecule has 1 aliphatic rings. The summed E-state index contributed by atoms with van der Waals surface area (Å²) in [6.45, 7) is 6.57. The third kappa shape index (κ3) is 2.60. The van der Waals surface area contributed by atoms with E-state index in [4.69, 9.17) is 10.7 Å². The maximum atomic E-state index is 6.49. The number of fused-ring (bicyclic) bond motifs is 1. The van der Waals surface area contributed by atoms with Crippen molar-refractivity contribution in [1.82, 2.24) is 14.5 Å². The van der Waals surface area contributed by atoms with Gasteiger partial charge in [0.15, 0.2) is 0 Å². The van der Waals surface area contributed by atoms with Gasteiger partial charge in [-0.25, -0.2) is 4.98 Å². The normalized spacial score (nSPS) is 15.0. The van der Waals surface area contributed by atoms with Gasteiger partial charge in [-0.1, -0.05) is 13.3 Å². The van der Waals surface area contributed by atoms with E-state index in [1.54, 1.807) is 0 Å². The Hall–Kier alpha value is -2.36. The molecule has 3 aromatic rings. The predicted octanol–water partition coefficient (Wildman–Crippen LogP) is 5.09. The van der Waals surface area contributed by atoms with E-state index < -0.39 is 0 Å². The van der Waals surface area contributed by atoms with Crippen LogP contribution >= 0.6 is 0 Å². The summed E-state index contributed by atoms with van der Waals surface area (Å²) in [5, 5.41) is 0. The second-order valence-corrected chi connectivity index (χ2v) is 7.35. The lowest BCUT2D eigenvalue weighted by Gasteiger charge is -2.26. The second kappa shape index (κ2) is 6.17. The van der Waals surface area contributed by atoms with Crippen molar-refractivity contribution in [2.75, 3.05) is 5.73 Å². The first-order chi connectivity index (χ1) is 12.1. The first-order valence-corrected chi connectivity index (χ1v) is 9.35. The molecule has 130 valence electrons. The van der Waals surface area contributed by atoms with Gasteiger partial charge in [0.2, 0.25) is 0 Å². The lowest BCUT2D eigenvalue weighted by Crippen LogP contribution is -2.12. The fourth-order valence-electron chi connectivity index (χ4n) is 3.95.